The van der Waals surface area contributed by atoms with Crippen molar-refractivity contribution in [2.75, 3.05) is 13.1 Å². The average molecular weight is 290 g/mol. The summed E-state index contributed by atoms with van der Waals surface area (Å²) in [6.07, 6.45) is 3.19. The van der Waals surface area contributed by atoms with E-state index in [9.17, 15) is 9.59 Å². The van der Waals surface area contributed by atoms with E-state index in [2.05, 4.69) is 4.90 Å². The molecule has 1 aromatic rings. The van der Waals surface area contributed by atoms with Crippen LogP contribution in [-0.2, 0) is 11.3 Å². The van der Waals surface area contributed by atoms with Crippen molar-refractivity contribution in [1.82, 2.24) is 4.90 Å². The molecule has 0 aromatic heterocycles. The van der Waals surface area contributed by atoms with Crippen LogP contribution >= 0.6 is 0 Å². The fourth-order valence-corrected chi connectivity index (χ4v) is 2.94. The second kappa shape index (κ2) is 7.22. The van der Waals surface area contributed by atoms with Crippen molar-refractivity contribution in [2.24, 2.45) is 11.7 Å². The van der Waals surface area contributed by atoms with Gasteiger partial charge < -0.3 is 10.8 Å². The first-order valence-electron chi connectivity index (χ1n) is 7.37. The summed E-state index contributed by atoms with van der Waals surface area (Å²) >= 11 is 0. The van der Waals surface area contributed by atoms with Gasteiger partial charge in [-0.1, -0.05) is 12.1 Å². The lowest BCUT2D eigenvalue weighted by Gasteiger charge is -2.32. The van der Waals surface area contributed by atoms with Gasteiger partial charge in [0.1, 0.15) is 0 Å². The molecule has 0 aliphatic carbocycles. The molecule has 5 nitrogen and oxygen atoms in total. The average Bonchev–Trinajstić information content (AvgIpc) is 2.46. The molecule has 0 saturated carbocycles. The number of carbonyl (C=O) groups excluding carboxylic acids is 1. The molecule has 21 heavy (non-hydrogen) atoms. The van der Waals surface area contributed by atoms with E-state index in [-0.39, 0.29) is 6.42 Å². The van der Waals surface area contributed by atoms with Crippen LogP contribution in [0.2, 0.25) is 0 Å². The Morgan fingerprint density at radius 3 is 2.90 bits per heavy atom. The summed E-state index contributed by atoms with van der Waals surface area (Å²) in [5.74, 6) is -0.676. The first-order chi connectivity index (χ1) is 10.0. The fourth-order valence-electron chi connectivity index (χ4n) is 2.94. The number of hydrogen-bond acceptors (Lipinski definition) is 3. The number of nitrogens with two attached hydrogens (primary N) is 1. The SMILES string of the molecule is NC(=O)c1cccc(CN2CCCC(CCC(=O)O)C2)c1. The molecule has 3 N–H and O–H groups in total. The van der Waals surface area contributed by atoms with Gasteiger partial charge in [0.15, 0.2) is 0 Å². The molecule has 1 unspecified atom stereocenters. The predicted octanol–water partition coefficient (Wildman–Crippen LogP) is 1.86. The van der Waals surface area contributed by atoms with Gasteiger partial charge in [0.05, 0.1) is 0 Å². The first-order valence-corrected chi connectivity index (χ1v) is 7.37. The van der Waals surface area contributed by atoms with E-state index in [1.165, 1.54) is 0 Å². The standard InChI is InChI=1S/C16H22N2O3/c17-16(21)14-5-1-3-13(9-14)11-18-8-2-4-12(10-18)6-7-15(19)20/h1,3,5,9,12H,2,4,6-8,10-11H2,(H2,17,21)(H,19,20). The Morgan fingerprint density at radius 1 is 1.38 bits per heavy atom. The number of benzene rings is 1. The third-order valence-electron chi connectivity index (χ3n) is 3.99. The molecule has 0 spiro atoms. The van der Waals surface area contributed by atoms with Crippen LogP contribution in [-0.4, -0.2) is 35.0 Å². The van der Waals surface area contributed by atoms with E-state index in [1.807, 2.05) is 18.2 Å². The molecule has 1 aromatic carbocycles. The molecule has 1 atom stereocenters. The summed E-state index contributed by atoms with van der Waals surface area (Å²) in [7, 11) is 0. The Morgan fingerprint density at radius 2 is 2.19 bits per heavy atom. The molecule has 1 fully saturated rings. The summed E-state index contributed by atoms with van der Waals surface area (Å²) in [6, 6.07) is 7.40. The number of amides is 1. The van der Waals surface area contributed by atoms with Gasteiger partial charge >= 0.3 is 5.97 Å². The molecule has 2 rings (SSSR count). The van der Waals surface area contributed by atoms with Crippen LogP contribution in [0, 0.1) is 5.92 Å². The minimum Gasteiger partial charge on any atom is -0.481 e. The molecule has 5 heteroatoms. The number of carboxylic acid groups (broad SMARTS) is 1. The molecule has 1 aliphatic rings. The van der Waals surface area contributed by atoms with Gasteiger partial charge in [0, 0.05) is 25.1 Å². The van der Waals surface area contributed by atoms with E-state index in [0.29, 0.717) is 11.5 Å². The number of piperidine rings is 1. The Kier molecular flexibility index (Phi) is 5.33. The Hall–Kier alpha value is -1.88. The Bertz CT molecular complexity index is 516. The largest absolute Gasteiger partial charge is 0.481 e. The van der Waals surface area contributed by atoms with Gasteiger partial charge in [-0.05, 0) is 49.4 Å². The van der Waals surface area contributed by atoms with Crippen LogP contribution in [0.4, 0.5) is 0 Å². The van der Waals surface area contributed by atoms with Gasteiger partial charge in [-0.3, -0.25) is 14.5 Å². The highest BCUT2D eigenvalue weighted by atomic mass is 16.4. The summed E-state index contributed by atoms with van der Waals surface area (Å²) in [5, 5.41) is 8.77. The maximum absolute atomic E-state index is 11.2. The monoisotopic (exact) mass is 290 g/mol. The number of carbonyl (C=O) groups is 2. The number of carboxylic acids is 1. The fraction of sp³-hybridized carbons (Fsp3) is 0.500. The van der Waals surface area contributed by atoms with Crippen molar-refractivity contribution in [1.29, 1.82) is 0 Å². The second-order valence-corrected chi connectivity index (χ2v) is 5.74. The molecule has 1 amide bonds. The number of primary amides is 1. The van der Waals surface area contributed by atoms with Crippen molar-refractivity contribution in [3.8, 4) is 0 Å². The maximum atomic E-state index is 11.2. The smallest absolute Gasteiger partial charge is 0.303 e. The van der Waals surface area contributed by atoms with Crippen LogP contribution in [0.5, 0.6) is 0 Å². The van der Waals surface area contributed by atoms with E-state index < -0.39 is 11.9 Å². The maximum Gasteiger partial charge on any atom is 0.303 e. The molecule has 1 heterocycles. The summed E-state index contributed by atoms with van der Waals surface area (Å²) in [6.45, 7) is 2.73. The van der Waals surface area contributed by atoms with Crippen molar-refractivity contribution < 1.29 is 14.7 Å². The summed E-state index contributed by atoms with van der Waals surface area (Å²) < 4.78 is 0. The van der Waals surface area contributed by atoms with E-state index in [4.69, 9.17) is 10.8 Å². The van der Waals surface area contributed by atoms with E-state index >= 15 is 0 Å². The summed E-state index contributed by atoms with van der Waals surface area (Å²) in [4.78, 5) is 24.2. The normalized spacial score (nSPS) is 19.3. The molecule has 0 radical (unpaired) electrons. The van der Waals surface area contributed by atoms with Crippen LogP contribution < -0.4 is 5.73 Å². The number of likely N-dealkylation sites (tertiary alicyclic amines) is 1. The van der Waals surface area contributed by atoms with Crippen LogP contribution in [0.3, 0.4) is 0 Å². The van der Waals surface area contributed by atoms with Gasteiger partial charge in [-0.15, -0.1) is 0 Å². The number of hydrogen-bond donors (Lipinski definition) is 2. The lowest BCUT2D eigenvalue weighted by molar-refractivity contribution is -0.137. The molecule has 1 saturated heterocycles. The molecule has 1 aliphatic heterocycles. The number of rotatable bonds is 6. The highest BCUT2D eigenvalue weighted by molar-refractivity contribution is 5.92. The van der Waals surface area contributed by atoms with Gasteiger partial charge in [0.25, 0.3) is 0 Å². The lowest BCUT2D eigenvalue weighted by Crippen LogP contribution is -2.35. The Labute approximate surface area is 124 Å². The van der Waals surface area contributed by atoms with Gasteiger partial charge in [-0.2, -0.15) is 0 Å². The lowest BCUT2D eigenvalue weighted by atomic mass is 9.93. The van der Waals surface area contributed by atoms with Crippen molar-refractivity contribution in [2.45, 2.75) is 32.2 Å². The molecular formula is C16H22N2O3. The highest BCUT2D eigenvalue weighted by Gasteiger charge is 2.20. The topological polar surface area (TPSA) is 83.6 Å². The highest BCUT2D eigenvalue weighted by Crippen LogP contribution is 2.22. The molecule has 0 bridgehead atoms. The van der Waals surface area contributed by atoms with Crippen molar-refractivity contribution in [3.05, 3.63) is 35.4 Å². The van der Waals surface area contributed by atoms with Gasteiger partial charge in [-0.25, -0.2) is 0 Å². The summed E-state index contributed by atoms with van der Waals surface area (Å²) in [5.41, 5.74) is 6.91. The third-order valence-corrected chi connectivity index (χ3v) is 3.99. The molecule has 114 valence electrons. The quantitative estimate of drug-likeness (QED) is 0.837. The Balaban J connectivity index is 1.91. The van der Waals surface area contributed by atoms with Crippen LogP contribution in [0.1, 0.15) is 41.6 Å². The zero-order chi connectivity index (χ0) is 15.2. The van der Waals surface area contributed by atoms with Crippen molar-refractivity contribution in [3.63, 3.8) is 0 Å². The van der Waals surface area contributed by atoms with E-state index in [1.54, 1.807) is 6.07 Å². The van der Waals surface area contributed by atoms with Crippen molar-refractivity contribution >= 4 is 11.9 Å². The molecular weight excluding hydrogens is 268 g/mol. The van der Waals surface area contributed by atoms with Crippen LogP contribution in [0.15, 0.2) is 24.3 Å². The van der Waals surface area contributed by atoms with Crippen LogP contribution in [0.25, 0.3) is 0 Å². The first kappa shape index (κ1) is 15.5. The second-order valence-electron chi connectivity index (χ2n) is 5.74. The van der Waals surface area contributed by atoms with Gasteiger partial charge in [0.2, 0.25) is 5.91 Å². The number of aliphatic carboxylic acids is 1. The van der Waals surface area contributed by atoms with E-state index in [0.717, 1.165) is 44.5 Å². The predicted molar refractivity (Wildman–Crippen MR) is 79.8 cm³/mol. The minimum atomic E-state index is -0.721. The zero-order valence-corrected chi connectivity index (χ0v) is 12.1. The zero-order valence-electron chi connectivity index (χ0n) is 12.1. The number of nitrogens with zero attached hydrogens (tertiary/aromatic N) is 1. The minimum absolute atomic E-state index is 0.246. The third kappa shape index (κ3) is 4.86.